The quantitative estimate of drug-likeness (QED) is 0.625. The number of carbonyl (C=O) groups excluding carboxylic acids is 1. The molecule has 3 rings (SSSR count). The largest absolute Gasteiger partial charge is 0.467 e. The highest BCUT2D eigenvalue weighted by Gasteiger charge is 2.20. The van der Waals surface area contributed by atoms with Gasteiger partial charge in [-0.3, -0.25) is 4.79 Å². The number of hydrogen-bond donors (Lipinski definition) is 2. The minimum absolute atomic E-state index is 0.119. The van der Waals surface area contributed by atoms with Gasteiger partial charge < -0.3 is 20.1 Å². The van der Waals surface area contributed by atoms with E-state index in [0.29, 0.717) is 17.3 Å². The van der Waals surface area contributed by atoms with Crippen LogP contribution in [0.4, 0.5) is 0 Å². The predicted molar refractivity (Wildman–Crippen MR) is 102 cm³/mol. The number of rotatable bonds is 7. The van der Waals surface area contributed by atoms with E-state index in [0.717, 1.165) is 34.1 Å². The summed E-state index contributed by atoms with van der Waals surface area (Å²) in [4.78, 5) is 11.7. The van der Waals surface area contributed by atoms with Gasteiger partial charge in [-0.1, -0.05) is 36.7 Å². The Kier molecular flexibility index (Phi) is 5.49. The summed E-state index contributed by atoms with van der Waals surface area (Å²) in [6.07, 6.45) is 0.852. The number of primary amides is 1. The molecule has 0 saturated heterocycles. The number of nitrogens with zero attached hydrogens (tertiary/aromatic N) is 1. The summed E-state index contributed by atoms with van der Waals surface area (Å²) < 4.78 is 7.55. The SMILES string of the molecule is CCc1c(CC(N)=O)c2c(OCO)cccc2n1Cc1cccc(Cl)c1. The summed E-state index contributed by atoms with van der Waals surface area (Å²) in [6.45, 7) is 2.22. The zero-order valence-electron chi connectivity index (χ0n) is 14.5. The molecular weight excluding hydrogens is 352 g/mol. The van der Waals surface area contributed by atoms with Gasteiger partial charge in [0.15, 0.2) is 6.79 Å². The predicted octanol–water partition coefficient (Wildman–Crippen LogP) is 3.26. The van der Waals surface area contributed by atoms with Crippen molar-refractivity contribution in [3.8, 4) is 5.75 Å². The van der Waals surface area contributed by atoms with Crippen LogP contribution in [-0.4, -0.2) is 22.4 Å². The van der Waals surface area contributed by atoms with E-state index in [1.165, 1.54) is 0 Å². The number of carbonyl (C=O) groups is 1. The first-order valence-electron chi connectivity index (χ1n) is 8.44. The van der Waals surface area contributed by atoms with Crippen LogP contribution in [0, 0.1) is 0 Å². The van der Waals surface area contributed by atoms with Gasteiger partial charge in [0.1, 0.15) is 5.75 Å². The lowest BCUT2D eigenvalue weighted by Gasteiger charge is -2.11. The minimum Gasteiger partial charge on any atom is -0.467 e. The summed E-state index contributed by atoms with van der Waals surface area (Å²) in [5.74, 6) is 0.140. The lowest BCUT2D eigenvalue weighted by Crippen LogP contribution is -2.15. The maximum Gasteiger partial charge on any atom is 0.221 e. The summed E-state index contributed by atoms with van der Waals surface area (Å²) in [5, 5.41) is 10.7. The lowest BCUT2D eigenvalue weighted by atomic mass is 10.0. The van der Waals surface area contributed by atoms with Gasteiger partial charge in [-0.25, -0.2) is 0 Å². The number of amides is 1. The Morgan fingerprint density at radius 2 is 2.04 bits per heavy atom. The van der Waals surface area contributed by atoms with Crippen LogP contribution in [-0.2, 0) is 24.2 Å². The molecule has 0 bridgehead atoms. The van der Waals surface area contributed by atoms with Crippen LogP contribution in [0.25, 0.3) is 10.9 Å². The number of ether oxygens (including phenoxy) is 1. The molecule has 0 saturated carbocycles. The van der Waals surface area contributed by atoms with Crippen molar-refractivity contribution in [2.24, 2.45) is 5.73 Å². The van der Waals surface area contributed by atoms with E-state index in [1.807, 2.05) is 43.3 Å². The Bertz CT molecular complexity index is 950. The van der Waals surface area contributed by atoms with Gasteiger partial charge in [0.05, 0.1) is 11.9 Å². The molecule has 3 aromatic rings. The topological polar surface area (TPSA) is 77.5 Å². The maximum absolute atomic E-state index is 11.7. The van der Waals surface area contributed by atoms with Crippen LogP contribution in [0.5, 0.6) is 5.75 Å². The molecule has 0 fully saturated rings. The molecule has 5 nitrogen and oxygen atoms in total. The first-order chi connectivity index (χ1) is 12.5. The van der Waals surface area contributed by atoms with E-state index >= 15 is 0 Å². The van der Waals surface area contributed by atoms with E-state index in [4.69, 9.17) is 22.1 Å². The standard InChI is InChI=1S/C20H21ClN2O3/c1-2-16-15(10-19(22)25)20-17(7-4-8-18(20)26-12-24)23(16)11-13-5-3-6-14(21)9-13/h3-9,24H,2,10-12H2,1H3,(H2,22,25). The van der Waals surface area contributed by atoms with Gasteiger partial charge in [0.2, 0.25) is 5.91 Å². The smallest absolute Gasteiger partial charge is 0.221 e. The Labute approximate surface area is 156 Å². The van der Waals surface area contributed by atoms with Crippen LogP contribution >= 0.6 is 11.6 Å². The highest BCUT2D eigenvalue weighted by molar-refractivity contribution is 6.30. The van der Waals surface area contributed by atoms with Crippen molar-refractivity contribution in [1.29, 1.82) is 0 Å². The average molecular weight is 373 g/mol. The van der Waals surface area contributed by atoms with Crippen LogP contribution in [0.1, 0.15) is 23.7 Å². The number of fused-ring (bicyclic) bond motifs is 1. The van der Waals surface area contributed by atoms with Crippen molar-refractivity contribution < 1.29 is 14.6 Å². The average Bonchev–Trinajstić information content (AvgIpc) is 2.88. The number of hydrogen-bond acceptors (Lipinski definition) is 3. The second-order valence-electron chi connectivity index (χ2n) is 6.06. The molecule has 1 heterocycles. The van der Waals surface area contributed by atoms with Crippen LogP contribution in [0.2, 0.25) is 5.02 Å². The first kappa shape index (κ1) is 18.3. The second kappa shape index (κ2) is 7.81. The molecule has 1 aromatic heterocycles. The van der Waals surface area contributed by atoms with Gasteiger partial charge in [-0.05, 0) is 41.8 Å². The van der Waals surface area contributed by atoms with Crippen molar-refractivity contribution in [2.45, 2.75) is 26.3 Å². The fraction of sp³-hybridized carbons (Fsp3) is 0.250. The van der Waals surface area contributed by atoms with Crippen molar-refractivity contribution in [3.63, 3.8) is 0 Å². The number of aliphatic hydroxyl groups is 1. The van der Waals surface area contributed by atoms with Crippen LogP contribution in [0.3, 0.4) is 0 Å². The number of nitrogens with two attached hydrogens (primary N) is 1. The second-order valence-corrected chi connectivity index (χ2v) is 6.50. The lowest BCUT2D eigenvalue weighted by molar-refractivity contribution is -0.117. The monoisotopic (exact) mass is 372 g/mol. The highest BCUT2D eigenvalue weighted by atomic mass is 35.5. The number of aromatic nitrogens is 1. The van der Waals surface area contributed by atoms with Gasteiger partial charge in [0.25, 0.3) is 0 Å². The Morgan fingerprint density at radius 1 is 1.27 bits per heavy atom. The van der Waals surface area contributed by atoms with Crippen LogP contribution in [0.15, 0.2) is 42.5 Å². The number of benzene rings is 2. The van der Waals surface area contributed by atoms with Gasteiger partial charge in [-0.2, -0.15) is 0 Å². The van der Waals surface area contributed by atoms with Gasteiger partial charge >= 0.3 is 0 Å². The molecule has 1 amide bonds. The van der Waals surface area contributed by atoms with Crippen LogP contribution < -0.4 is 10.5 Å². The molecule has 0 aliphatic rings. The highest BCUT2D eigenvalue weighted by Crippen LogP contribution is 2.35. The molecule has 0 atom stereocenters. The molecule has 0 spiro atoms. The maximum atomic E-state index is 11.7. The van der Waals surface area contributed by atoms with E-state index in [2.05, 4.69) is 4.57 Å². The zero-order valence-corrected chi connectivity index (χ0v) is 15.3. The molecule has 0 radical (unpaired) electrons. The fourth-order valence-corrected chi connectivity index (χ4v) is 3.67. The molecular formula is C20H21ClN2O3. The molecule has 6 heteroatoms. The van der Waals surface area contributed by atoms with Gasteiger partial charge in [-0.15, -0.1) is 0 Å². The fourth-order valence-electron chi connectivity index (χ4n) is 3.46. The third-order valence-electron chi connectivity index (χ3n) is 4.41. The molecule has 2 aromatic carbocycles. The van der Waals surface area contributed by atoms with E-state index in [9.17, 15) is 9.90 Å². The first-order valence-corrected chi connectivity index (χ1v) is 8.82. The number of aliphatic hydroxyl groups excluding tert-OH is 1. The van der Waals surface area contributed by atoms with Gasteiger partial charge in [0, 0.05) is 22.6 Å². The molecule has 3 N–H and O–H groups in total. The van der Waals surface area contributed by atoms with E-state index < -0.39 is 12.7 Å². The number of halogens is 1. The molecule has 26 heavy (non-hydrogen) atoms. The van der Waals surface area contributed by atoms with Crippen molar-refractivity contribution in [3.05, 3.63) is 64.3 Å². The molecule has 0 aliphatic carbocycles. The van der Waals surface area contributed by atoms with E-state index in [1.54, 1.807) is 6.07 Å². The summed E-state index contributed by atoms with van der Waals surface area (Å²) in [6, 6.07) is 13.3. The van der Waals surface area contributed by atoms with Crippen molar-refractivity contribution in [2.75, 3.05) is 6.79 Å². The molecule has 0 aliphatic heterocycles. The van der Waals surface area contributed by atoms with Crippen molar-refractivity contribution >= 4 is 28.4 Å². The third kappa shape index (κ3) is 3.54. The molecule has 0 unspecified atom stereocenters. The van der Waals surface area contributed by atoms with E-state index in [-0.39, 0.29) is 6.42 Å². The normalized spacial score (nSPS) is 11.0. The molecule has 136 valence electrons. The Balaban J connectivity index is 2.24. The third-order valence-corrected chi connectivity index (χ3v) is 4.64. The van der Waals surface area contributed by atoms with Crippen molar-refractivity contribution in [1.82, 2.24) is 4.57 Å². The summed E-state index contributed by atoms with van der Waals surface area (Å²) >= 11 is 6.13. The summed E-state index contributed by atoms with van der Waals surface area (Å²) in [5.41, 5.74) is 9.35. The minimum atomic E-state index is -0.434. The Hall–Kier alpha value is -2.50. The zero-order chi connectivity index (χ0) is 18.7. The summed E-state index contributed by atoms with van der Waals surface area (Å²) in [7, 11) is 0. The Morgan fingerprint density at radius 3 is 2.69 bits per heavy atom.